The highest BCUT2D eigenvalue weighted by Gasteiger charge is 2.33. The predicted molar refractivity (Wildman–Crippen MR) is 138 cm³/mol. The number of halogens is 3. The molecule has 0 atom stereocenters. The van der Waals surface area contributed by atoms with Crippen molar-refractivity contribution in [3.63, 3.8) is 0 Å². The van der Waals surface area contributed by atoms with Crippen LogP contribution in [0.5, 0.6) is 5.75 Å². The van der Waals surface area contributed by atoms with Gasteiger partial charge in [-0.15, -0.1) is 0 Å². The van der Waals surface area contributed by atoms with Gasteiger partial charge in [-0.3, -0.25) is 4.79 Å². The maximum atomic E-state index is 12.5. The van der Waals surface area contributed by atoms with Gasteiger partial charge < -0.3 is 25.7 Å². The summed E-state index contributed by atoms with van der Waals surface area (Å²) >= 11 is 0. The Balaban J connectivity index is 1.44. The van der Waals surface area contributed by atoms with Crippen molar-refractivity contribution in [3.05, 3.63) is 59.7 Å². The first kappa shape index (κ1) is 29.0. The second-order valence-electron chi connectivity index (χ2n) is 10.1. The van der Waals surface area contributed by atoms with Gasteiger partial charge in [0, 0.05) is 22.9 Å². The van der Waals surface area contributed by atoms with E-state index in [1.165, 1.54) is 6.08 Å². The zero-order valence-corrected chi connectivity index (χ0v) is 21.4. The molecule has 0 bridgehead atoms. The van der Waals surface area contributed by atoms with Crippen LogP contribution >= 0.6 is 0 Å². The first-order chi connectivity index (χ1) is 17.8. The quantitative estimate of drug-likeness (QED) is 0.191. The van der Waals surface area contributed by atoms with Crippen molar-refractivity contribution < 1.29 is 37.0 Å². The molecule has 206 valence electrons. The Morgan fingerprint density at radius 3 is 2.24 bits per heavy atom. The smallest absolute Gasteiger partial charge is 0.411 e. The molecule has 0 aliphatic heterocycles. The van der Waals surface area contributed by atoms with Gasteiger partial charge in [-0.1, -0.05) is 32.0 Å². The van der Waals surface area contributed by atoms with Crippen molar-refractivity contribution >= 4 is 29.4 Å². The van der Waals surface area contributed by atoms with Crippen molar-refractivity contribution in [2.45, 2.75) is 57.2 Å². The number of anilines is 2. The number of carbonyl (C=O) groups is 2. The average molecular weight is 535 g/mol. The summed E-state index contributed by atoms with van der Waals surface area (Å²) in [6, 6.07) is 11.8. The normalized spacial score (nSPS) is 18.3. The Bertz CT molecular complexity index is 1140. The van der Waals surface area contributed by atoms with E-state index in [2.05, 4.69) is 0 Å². The van der Waals surface area contributed by atoms with Crippen LogP contribution in [0.3, 0.4) is 0 Å². The van der Waals surface area contributed by atoms with Crippen LogP contribution in [0.1, 0.15) is 50.7 Å². The molecule has 2 aromatic carbocycles. The molecular formula is C28H33F3N2O5. The molecule has 1 fully saturated rings. The van der Waals surface area contributed by atoms with Gasteiger partial charge in [0.25, 0.3) is 0 Å². The third-order valence-corrected chi connectivity index (χ3v) is 6.38. The first-order valence-corrected chi connectivity index (χ1v) is 12.3. The molecular weight excluding hydrogens is 501 g/mol. The molecule has 7 nitrogen and oxygen atoms in total. The number of nitrogens with two attached hydrogens (primary N) is 2. The molecule has 0 spiro atoms. The summed E-state index contributed by atoms with van der Waals surface area (Å²) in [6.45, 7) is 2.68. The third kappa shape index (κ3) is 8.79. The van der Waals surface area contributed by atoms with E-state index in [4.69, 9.17) is 25.7 Å². The molecule has 3 rings (SSSR count). The van der Waals surface area contributed by atoms with Gasteiger partial charge >= 0.3 is 18.1 Å². The van der Waals surface area contributed by atoms with E-state index in [9.17, 15) is 22.8 Å². The fourth-order valence-electron chi connectivity index (χ4n) is 4.26. The minimum Gasteiger partial charge on any atom is -0.462 e. The van der Waals surface area contributed by atoms with Crippen LogP contribution in [-0.2, 0) is 24.5 Å². The van der Waals surface area contributed by atoms with Crippen molar-refractivity contribution in [1.82, 2.24) is 0 Å². The van der Waals surface area contributed by atoms with Crippen molar-refractivity contribution in [3.8, 4) is 5.75 Å². The van der Waals surface area contributed by atoms with E-state index in [0.29, 0.717) is 48.4 Å². The monoisotopic (exact) mass is 534 g/mol. The lowest BCUT2D eigenvalue weighted by atomic mass is 9.84. The highest BCUT2D eigenvalue weighted by Crippen LogP contribution is 2.31. The summed E-state index contributed by atoms with van der Waals surface area (Å²) < 4.78 is 52.6. The number of ether oxygens (including phenoxy) is 3. The van der Waals surface area contributed by atoms with Gasteiger partial charge in [0.2, 0.25) is 0 Å². The summed E-state index contributed by atoms with van der Waals surface area (Å²) in [5, 5.41) is 0. The number of nitrogen functional groups attached to an aromatic ring is 2. The SMILES string of the molecule is CC(C)(COC(=O)/C=C/c1ccc(OC(=O)C2CCC(OCC(F)(F)F)CC2)cc1)c1ccc(N)cc1N. The summed E-state index contributed by atoms with van der Waals surface area (Å²) in [5.41, 5.74) is 13.9. The lowest BCUT2D eigenvalue weighted by Crippen LogP contribution is -2.31. The van der Waals surface area contributed by atoms with Crippen molar-refractivity contribution in [2.24, 2.45) is 5.92 Å². The molecule has 10 heteroatoms. The van der Waals surface area contributed by atoms with Crippen LogP contribution in [0, 0.1) is 5.92 Å². The van der Waals surface area contributed by atoms with E-state index in [1.807, 2.05) is 19.9 Å². The van der Waals surface area contributed by atoms with Crippen molar-refractivity contribution in [2.75, 3.05) is 24.7 Å². The first-order valence-electron chi connectivity index (χ1n) is 12.3. The van der Waals surface area contributed by atoms with Gasteiger partial charge in [-0.25, -0.2) is 4.79 Å². The molecule has 0 heterocycles. The van der Waals surface area contributed by atoms with Crippen LogP contribution in [-0.4, -0.2) is 37.4 Å². The highest BCUT2D eigenvalue weighted by molar-refractivity contribution is 5.87. The highest BCUT2D eigenvalue weighted by atomic mass is 19.4. The minimum absolute atomic E-state index is 0.121. The molecule has 0 amide bonds. The van der Waals surface area contributed by atoms with Gasteiger partial charge in [0.15, 0.2) is 0 Å². The van der Waals surface area contributed by atoms with E-state index in [1.54, 1.807) is 42.5 Å². The van der Waals surface area contributed by atoms with Crippen LogP contribution in [0.2, 0.25) is 0 Å². The molecule has 4 N–H and O–H groups in total. The van der Waals surface area contributed by atoms with Crippen LogP contribution < -0.4 is 16.2 Å². The molecule has 0 saturated heterocycles. The maximum absolute atomic E-state index is 12.5. The number of esters is 2. The standard InChI is InChI=1S/C28H33F3N2O5/c1-27(2,23-13-8-20(32)15-24(23)33)16-37-25(34)14-5-18-3-9-22(10-4-18)38-26(35)19-6-11-21(12-7-19)36-17-28(29,30)31/h3-5,8-10,13-15,19,21H,6-7,11-12,16-17,32-33H2,1-2H3/b14-5+. The molecule has 38 heavy (non-hydrogen) atoms. The molecule has 0 radical (unpaired) electrons. The number of hydrogen-bond donors (Lipinski definition) is 2. The molecule has 1 saturated carbocycles. The molecule has 0 aromatic heterocycles. The van der Waals surface area contributed by atoms with E-state index in [-0.39, 0.29) is 12.5 Å². The Morgan fingerprint density at radius 2 is 1.63 bits per heavy atom. The second-order valence-corrected chi connectivity index (χ2v) is 10.1. The fourth-order valence-corrected chi connectivity index (χ4v) is 4.26. The van der Waals surface area contributed by atoms with Gasteiger partial charge in [0.1, 0.15) is 19.0 Å². The van der Waals surface area contributed by atoms with Crippen LogP contribution in [0.15, 0.2) is 48.5 Å². The predicted octanol–water partition coefficient (Wildman–Crippen LogP) is 5.43. The number of hydrogen-bond acceptors (Lipinski definition) is 7. The van der Waals surface area contributed by atoms with Gasteiger partial charge in [0.05, 0.1) is 12.0 Å². The molecule has 1 aliphatic carbocycles. The summed E-state index contributed by atoms with van der Waals surface area (Å²) in [5.74, 6) is -0.983. The van der Waals surface area contributed by atoms with Crippen LogP contribution in [0.25, 0.3) is 6.08 Å². The number of alkyl halides is 3. The zero-order valence-electron chi connectivity index (χ0n) is 21.4. The number of carbonyl (C=O) groups excluding carboxylic acids is 2. The average Bonchev–Trinajstić information content (AvgIpc) is 2.85. The van der Waals surface area contributed by atoms with E-state index in [0.717, 1.165) is 5.56 Å². The van der Waals surface area contributed by atoms with Crippen LogP contribution in [0.4, 0.5) is 24.5 Å². The lowest BCUT2D eigenvalue weighted by molar-refractivity contribution is -0.189. The summed E-state index contributed by atoms with van der Waals surface area (Å²) in [7, 11) is 0. The molecule has 2 aromatic rings. The molecule has 0 unspecified atom stereocenters. The Labute approximate surface area is 219 Å². The van der Waals surface area contributed by atoms with E-state index >= 15 is 0 Å². The van der Waals surface area contributed by atoms with Gasteiger partial charge in [-0.05, 0) is 67.2 Å². The summed E-state index contributed by atoms with van der Waals surface area (Å²) in [6.07, 6.45) is -0.399. The Kier molecular flexibility index (Phi) is 9.43. The Hall–Kier alpha value is -3.53. The van der Waals surface area contributed by atoms with E-state index < -0.39 is 36.2 Å². The lowest BCUT2D eigenvalue weighted by Gasteiger charge is -2.27. The largest absolute Gasteiger partial charge is 0.462 e. The Morgan fingerprint density at radius 1 is 0.974 bits per heavy atom. The number of benzene rings is 2. The third-order valence-electron chi connectivity index (χ3n) is 6.38. The molecule has 1 aliphatic rings. The topological polar surface area (TPSA) is 114 Å². The fraction of sp³-hybridized carbons (Fsp3) is 0.429. The maximum Gasteiger partial charge on any atom is 0.411 e. The zero-order chi connectivity index (χ0) is 27.9. The second kappa shape index (κ2) is 12.3. The minimum atomic E-state index is -4.36. The van der Waals surface area contributed by atoms with Crippen molar-refractivity contribution in [1.29, 1.82) is 0 Å². The number of rotatable bonds is 9. The van der Waals surface area contributed by atoms with Gasteiger partial charge in [-0.2, -0.15) is 13.2 Å². The summed E-state index contributed by atoms with van der Waals surface area (Å²) in [4.78, 5) is 24.7.